The molecule has 164 valence electrons. The Labute approximate surface area is 193 Å². The molecule has 5 heteroatoms. The van der Waals surface area contributed by atoms with Crippen LogP contribution < -0.4 is 10.5 Å². The van der Waals surface area contributed by atoms with Gasteiger partial charge in [-0.3, -0.25) is 10.1 Å². The second-order valence-corrected chi connectivity index (χ2v) is 8.32. The van der Waals surface area contributed by atoms with Crippen LogP contribution in [0.3, 0.4) is 0 Å². The number of aromatic amines is 1. The number of benzene rings is 3. The van der Waals surface area contributed by atoms with Crippen LogP contribution in [-0.2, 0) is 6.42 Å². The van der Waals surface area contributed by atoms with Crippen LogP contribution in [-0.4, -0.2) is 27.8 Å². The van der Waals surface area contributed by atoms with Crippen LogP contribution in [0.1, 0.15) is 11.3 Å². The van der Waals surface area contributed by atoms with Crippen molar-refractivity contribution in [2.75, 3.05) is 6.61 Å². The van der Waals surface area contributed by atoms with Gasteiger partial charge in [0.25, 0.3) is 0 Å². The molecule has 3 aromatic carbocycles. The number of aryl methyl sites for hydroxylation is 1. The van der Waals surface area contributed by atoms with Gasteiger partial charge in [-0.25, -0.2) is 0 Å². The van der Waals surface area contributed by atoms with Gasteiger partial charge in [-0.1, -0.05) is 60.7 Å². The van der Waals surface area contributed by atoms with Gasteiger partial charge in [0.05, 0.1) is 17.4 Å². The van der Waals surface area contributed by atoms with Gasteiger partial charge >= 0.3 is 0 Å². The number of fused-ring (bicyclic) bond motifs is 1. The van der Waals surface area contributed by atoms with Crippen molar-refractivity contribution in [1.29, 1.82) is 0 Å². The average Bonchev–Trinajstić information content (AvgIpc) is 3.24. The first-order chi connectivity index (χ1) is 16.2. The molecule has 5 aromatic rings. The molecule has 0 spiro atoms. The lowest BCUT2D eigenvalue weighted by Crippen LogP contribution is -2.30. The number of hydrogen-bond donors (Lipinski definition) is 2. The van der Waals surface area contributed by atoms with Crippen molar-refractivity contribution in [3.8, 4) is 28.0 Å². The Morgan fingerprint density at radius 1 is 0.848 bits per heavy atom. The summed E-state index contributed by atoms with van der Waals surface area (Å²) < 4.78 is 6.01. The number of hydrogen-bond acceptors (Lipinski definition) is 4. The van der Waals surface area contributed by atoms with Gasteiger partial charge in [0.15, 0.2) is 0 Å². The van der Waals surface area contributed by atoms with E-state index in [0.717, 1.165) is 34.1 Å². The molecule has 0 amide bonds. The number of H-pyrrole nitrogens is 1. The quantitative estimate of drug-likeness (QED) is 0.352. The SMILES string of the molecule is Cc1n[nH]c2ccc(-c3cncc(OC[C@@H](N)Cc4cccc(-c5ccccc5)c4)c3)cc12. The lowest BCUT2D eigenvalue weighted by Gasteiger charge is -2.14. The molecule has 33 heavy (non-hydrogen) atoms. The van der Waals surface area contributed by atoms with Crippen molar-refractivity contribution >= 4 is 10.9 Å². The van der Waals surface area contributed by atoms with E-state index in [2.05, 4.69) is 75.8 Å². The fourth-order valence-electron chi connectivity index (χ4n) is 4.05. The van der Waals surface area contributed by atoms with Crippen molar-refractivity contribution in [2.24, 2.45) is 5.73 Å². The molecule has 0 aliphatic heterocycles. The normalized spacial score (nSPS) is 12.1. The summed E-state index contributed by atoms with van der Waals surface area (Å²) in [7, 11) is 0. The molecule has 0 saturated heterocycles. The van der Waals surface area contributed by atoms with Gasteiger partial charge in [-0.15, -0.1) is 0 Å². The minimum atomic E-state index is -0.121. The Morgan fingerprint density at radius 2 is 1.67 bits per heavy atom. The van der Waals surface area contributed by atoms with E-state index in [-0.39, 0.29) is 6.04 Å². The third-order valence-electron chi connectivity index (χ3n) is 5.80. The van der Waals surface area contributed by atoms with Crippen molar-refractivity contribution in [3.63, 3.8) is 0 Å². The van der Waals surface area contributed by atoms with Crippen LogP contribution in [0.5, 0.6) is 5.75 Å². The van der Waals surface area contributed by atoms with Gasteiger partial charge in [-0.2, -0.15) is 5.10 Å². The third kappa shape index (κ3) is 4.78. The van der Waals surface area contributed by atoms with Gasteiger partial charge in [0, 0.05) is 23.2 Å². The van der Waals surface area contributed by atoms with Crippen LogP contribution in [0.25, 0.3) is 33.2 Å². The number of rotatable bonds is 7. The predicted octanol–water partition coefficient (Wildman–Crippen LogP) is 5.55. The molecule has 3 N–H and O–H groups in total. The van der Waals surface area contributed by atoms with Crippen LogP contribution in [0, 0.1) is 6.92 Å². The lowest BCUT2D eigenvalue weighted by atomic mass is 10.00. The molecule has 2 heterocycles. The number of pyridine rings is 1. The minimum Gasteiger partial charge on any atom is -0.490 e. The highest BCUT2D eigenvalue weighted by molar-refractivity contribution is 5.86. The summed E-state index contributed by atoms with van der Waals surface area (Å²) in [6, 6.07) is 27.0. The maximum Gasteiger partial charge on any atom is 0.138 e. The molecule has 5 nitrogen and oxygen atoms in total. The fourth-order valence-corrected chi connectivity index (χ4v) is 4.05. The number of nitrogens with two attached hydrogens (primary N) is 1. The van der Waals surface area contributed by atoms with Crippen LogP contribution in [0.15, 0.2) is 91.3 Å². The highest BCUT2D eigenvalue weighted by Crippen LogP contribution is 2.27. The van der Waals surface area contributed by atoms with E-state index >= 15 is 0 Å². The standard InChI is InChI=1S/C28H26N4O/c1-19-27-15-23(10-11-28(27)32-31-19)24-14-26(17-30-16-24)33-18-25(29)13-20-6-5-9-22(12-20)21-7-3-2-4-8-21/h2-12,14-17,25H,13,18,29H2,1H3,(H,31,32)/t25-/m0/s1. The largest absolute Gasteiger partial charge is 0.490 e. The van der Waals surface area contributed by atoms with Crippen LogP contribution in [0.4, 0.5) is 0 Å². The van der Waals surface area contributed by atoms with Gasteiger partial charge in [0.1, 0.15) is 12.4 Å². The third-order valence-corrected chi connectivity index (χ3v) is 5.80. The zero-order valence-electron chi connectivity index (χ0n) is 18.5. The van der Waals surface area contributed by atoms with Crippen LogP contribution in [0.2, 0.25) is 0 Å². The summed E-state index contributed by atoms with van der Waals surface area (Å²) in [4.78, 5) is 4.37. The minimum absolute atomic E-state index is 0.121. The van der Waals surface area contributed by atoms with E-state index in [0.29, 0.717) is 12.4 Å². The summed E-state index contributed by atoms with van der Waals surface area (Å²) >= 11 is 0. The molecule has 0 bridgehead atoms. The molecule has 0 aliphatic rings. The van der Waals surface area contributed by atoms with Gasteiger partial charge in [0.2, 0.25) is 0 Å². The first kappa shape index (κ1) is 20.9. The highest BCUT2D eigenvalue weighted by Gasteiger charge is 2.09. The summed E-state index contributed by atoms with van der Waals surface area (Å²) in [6.07, 6.45) is 4.32. The zero-order valence-corrected chi connectivity index (χ0v) is 18.5. The number of nitrogens with zero attached hydrogens (tertiary/aromatic N) is 2. The predicted molar refractivity (Wildman–Crippen MR) is 133 cm³/mol. The average molecular weight is 435 g/mol. The van der Waals surface area contributed by atoms with E-state index in [9.17, 15) is 0 Å². The molecule has 1 atom stereocenters. The number of aromatic nitrogens is 3. The smallest absolute Gasteiger partial charge is 0.138 e. The first-order valence-corrected chi connectivity index (χ1v) is 11.1. The van der Waals surface area contributed by atoms with Gasteiger partial charge in [-0.05, 0) is 53.8 Å². The maximum absolute atomic E-state index is 6.40. The summed E-state index contributed by atoms with van der Waals surface area (Å²) in [6.45, 7) is 2.41. The van der Waals surface area contributed by atoms with E-state index in [1.807, 2.05) is 31.3 Å². The molecule has 2 aromatic heterocycles. The summed E-state index contributed by atoms with van der Waals surface area (Å²) in [5, 5.41) is 8.42. The second kappa shape index (κ2) is 9.27. The molecule has 5 rings (SSSR count). The molecule has 0 saturated carbocycles. The molecule has 0 aliphatic carbocycles. The Kier molecular flexibility index (Phi) is 5.87. The summed E-state index contributed by atoms with van der Waals surface area (Å²) in [5.74, 6) is 0.713. The van der Waals surface area contributed by atoms with Gasteiger partial charge < -0.3 is 10.5 Å². The molecule has 0 fully saturated rings. The lowest BCUT2D eigenvalue weighted by molar-refractivity contribution is 0.287. The molecule has 0 unspecified atom stereocenters. The van der Waals surface area contributed by atoms with Crippen molar-refractivity contribution in [1.82, 2.24) is 15.2 Å². The molecule has 0 radical (unpaired) electrons. The monoisotopic (exact) mass is 434 g/mol. The number of ether oxygens (including phenoxy) is 1. The van der Waals surface area contributed by atoms with Crippen molar-refractivity contribution < 1.29 is 4.74 Å². The Hall–Kier alpha value is -3.96. The Morgan fingerprint density at radius 3 is 2.55 bits per heavy atom. The van der Waals surface area contributed by atoms with Crippen molar-refractivity contribution in [2.45, 2.75) is 19.4 Å². The maximum atomic E-state index is 6.40. The van der Waals surface area contributed by atoms with E-state index in [4.69, 9.17) is 10.5 Å². The van der Waals surface area contributed by atoms with E-state index in [1.54, 1.807) is 6.20 Å². The van der Waals surface area contributed by atoms with E-state index in [1.165, 1.54) is 16.7 Å². The van der Waals surface area contributed by atoms with Crippen LogP contribution >= 0.6 is 0 Å². The second-order valence-electron chi connectivity index (χ2n) is 8.32. The number of nitrogens with one attached hydrogen (secondary N) is 1. The fraction of sp³-hybridized carbons (Fsp3) is 0.143. The van der Waals surface area contributed by atoms with Crippen molar-refractivity contribution in [3.05, 3.63) is 103 Å². The Balaban J connectivity index is 1.25. The molecular formula is C28H26N4O. The highest BCUT2D eigenvalue weighted by atomic mass is 16.5. The zero-order chi connectivity index (χ0) is 22.6. The van der Waals surface area contributed by atoms with E-state index < -0.39 is 0 Å². The topological polar surface area (TPSA) is 76.8 Å². The first-order valence-electron chi connectivity index (χ1n) is 11.1. The summed E-state index contributed by atoms with van der Waals surface area (Å²) in [5.41, 5.74) is 14.1. The molecular weight excluding hydrogens is 408 g/mol. The Bertz CT molecular complexity index is 1380.